The molecule has 1 heterocycles. The number of rotatable bonds is 3. The Kier molecular flexibility index (Phi) is 3.11. The fourth-order valence-corrected chi connectivity index (χ4v) is 0.984. The minimum atomic E-state index is 0.514. The van der Waals surface area contributed by atoms with Gasteiger partial charge in [-0.25, -0.2) is 0 Å². The number of pyridine rings is 1. The highest BCUT2D eigenvalue weighted by molar-refractivity contribution is 5.15. The van der Waals surface area contributed by atoms with Crippen LogP contribution in [0.4, 0.5) is 0 Å². The number of azide groups is 1. The van der Waals surface area contributed by atoms with Crippen molar-refractivity contribution >= 4 is 0 Å². The maximum atomic E-state index is 8.04. The Morgan fingerprint density at radius 1 is 1.67 bits per heavy atom. The van der Waals surface area contributed by atoms with Crippen LogP contribution < -0.4 is 0 Å². The van der Waals surface area contributed by atoms with Crippen LogP contribution in [0.15, 0.2) is 23.4 Å². The summed E-state index contributed by atoms with van der Waals surface area (Å²) in [7, 11) is 0. The Hall–Kier alpha value is -1.54. The van der Waals surface area contributed by atoms with Gasteiger partial charge in [-0.1, -0.05) is 5.11 Å². The average molecular weight is 162 g/mol. The maximum Gasteiger partial charge on any atom is 0.0375 e. The lowest BCUT2D eigenvalue weighted by molar-refractivity contribution is 0.947. The molecule has 1 rings (SSSR count). The molecule has 4 heteroatoms. The van der Waals surface area contributed by atoms with Crippen LogP contribution in [0.1, 0.15) is 11.3 Å². The van der Waals surface area contributed by atoms with Crippen LogP contribution >= 0.6 is 0 Å². The van der Waals surface area contributed by atoms with Crippen LogP contribution in [0.2, 0.25) is 0 Å². The smallest absolute Gasteiger partial charge is 0.0375 e. The quantitative estimate of drug-likeness (QED) is 0.382. The van der Waals surface area contributed by atoms with Gasteiger partial charge in [-0.05, 0) is 36.6 Å². The molecule has 12 heavy (non-hydrogen) atoms. The maximum absolute atomic E-state index is 8.04. The minimum Gasteiger partial charge on any atom is -0.262 e. The van der Waals surface area contributed by atoms with E-state index in [0.717, 1.165) is 17.7 Å². The molecule has 62 valence electrons. The lowest BCUT2D eigenvalue weighted by Gasteiger charge is -1.97. The molecule has 1 aromatic rings. The zero-order valence-corrected chi connectivity index (χ0v) is 6.94. The second-order valence-electron chi connectivity index (χ2n) is 2.51. The lowest BCUT2D eigenvalue weighted by atomic mass is 10.2. The molecule has 0 fully saturated rings. The Balaban J connectivity index is 2.57. The Bertz CT molecular complexity index is 302. The fourth-order valence-electron chi connectivity index (χ4n) is 0.984. The highest BCUT2D eigenvalue weighted by Crippen LogP contribution is 2.01. The summed E-state index contributed by atoms with van der Waals surface area (Å²) in [5, 5.41) is 3.46. The fraction of sp³-hybridized carbons (Fsp3) is 0.375. The summed E-state index contributed by atoms with van der Waals surface area (Å²) in [6, 6.07) is 3.92. The van der Waals surface area contributed by atoms with Crippen LogP contribution in [0, 0.1) is 6.92 Å². The van der Waals surface area contributed by atoms with Crippen molar-refractivity contribution in [3.63, 3.8) is 0 Å². The molecule has 1 aromatic heterocycles. The van der Waals surface area contributed by atoms with E-state index in [4.69, 9.17) is 5.53 Å². The zero-order chi connectivity index (χ0) is 8.81. The molecule has 0 atom stereocenters. The molecule has 0 N–H and O–H groups in total. The summed E-state index contributed by atoms with van der Waals surface area (Å²) < 4.78 is 0. The Morgan fingerprint density at radius 2 is 2.50 bits per heavy atom. The first-order valence-corrected chi connectivity index (χ1v) is 3.75. The van der Waals surface area contributed by atoms with Crippen molar-refractivity contribution in [3.05, 3.63) is 40.0 Å². The third-order valence-electron chi connectivity index (χ3n) is 1.52. The third-order valence-corrected chi connectivity index (χ3v) is 1.52. The van der Waals surface area contributed by atoms with Crippen LogP contribution in [0.5, 0.6) is 0 Å². The van der Waals surface area contributed by atoms with Crippen molar-refractivity contribution in [2.75, 3.05) is 6.54 Å². The summed E-state index contributed by atoms with van der Waals surface area (Å²) >= 11 is 0. The molecular weight excluding hydrogens is 152 g/mol. The number of aryl methyl sites for hydroxylation is 1. The largest absolute Gasteiger partial charge is 0.262 e. The van der Waals surface area contributed by atoms with Crippen LogP contribution in [-0.2, 0) is 6.42 Å². The van der Waals surface area contributed by atoms with Crippen LogP contribution in [-0.4, -0.2) is 11.5 Å². The SMILES string of the molecule is Cc1cc(CCN=[N+]=[N-])ccn1. The standard InChI is InChI=1S/C8H10N4/c1-7-6-8(2-4-10-7)3-5-11-12-9/h2,4,6H,3,5H2,1H3. The molecule has 0 aliphatic heterocycles. The van der Waals surface area contributed by atoms with Crippen LogP contribution in [0.3, 0.4) is 0 Å². The lowest BCUT2D eigenvalue weighted by Crippen LogP contribution is -1.90. The predicted molar refractivity (Wildman–Crippen MR) is 46.7 cm³/mol. The molecule has 0 amide bonds. The van der Waals surface area contributed by atoms with Gasteiger partial charge in [0, 0.05) is 23.3 Å². The number of aromatic nitrogens is 1. The highest BCUT2D eigenvalue weighted by Gasteiger charge is 1.91. The number of hydrogen-bond acceptors (Lipinski definition) is 2. The topological polar surface area (TPSA) is 61.7 Å². The normalized spacial score (nSPS) is 9.08. The number of nitrogens with zero attached hydrogens (tertiary/aromatic N) is 4. The summed E-state index contributed by atoms with van der Waals surface area (Å²) in [5.41, 5.74) is 10.2. The van der Waals surface area contributed by atoms with E-state index in [-0.39, 0.29) is 0 Å². The van der Waals surface area contributed by atoms with Gasteiger partial charge in [-0.2, -0.15) is 0 Å². The Labute approximate surface area is 70.9 Å². The van der Waals surface area contributed by atoms with E-state index in [0.29, 0.717) is 6.54 Å². The molecule has 0 aromatic carbocycles. The first kappa shape index (κ1) is 8.56. The van der Waals surface area contributed by atoms with Gasteiger partial charge in [0.25, 0.3) is 0 Å². The van der Waals surface area contributed by atoms with Gasteiger partial charge in [-0.3, -0.25) is 4.98 Å². The van der Waals surface area contributed by atoms with Gasteiger partial charge >= 0.3 is 0 Å². The summed E-state index contributed by atoms with van der Waals surface area (Å²) in [4.78, 5) is 6.75. The van der Waals surface area contributed by atoms with E-state index in [1.54, 1.807) is 6.20 Å². The van der Waals surface area contributed by atoms with Crippen molar-refractivity contribution in [2.45, 2.75) is 13.3 Å². The Morgan fingerprint density at radius 3 is 3.17 bits per heavy atom. The van der Waals surface area contributed by atoms with E-state index in [9.17, 15) is 0 Å². The van der Waals surface area contributed by atoms with E-state index >= 15 is 0 Å². The summed E-state index contributed by atoms with van der Waals surface area (Å²) in [5.74, 6) is 0. The van der Waals surface area contributed by atoms with Crippen molar-refractivity contribution in [2.24, 2.45) is 5.11 Å². The second-order valence-corrected chi connectivity index (χ2v) is 2.51. The van der Waals surface area contributed by atoms with Gasteiger partial charge in [-0.15, -0.1) is 0 Å². The van der Waals surface area contributed by atoms with E-state index in [2.05, 4.69) is 15.0 Å². The van der Waals surface area contributed by atoms with Crippen molar-refractivity contribution in [1.82, 2.24) is 4.98 Å². The summed E-state index contributed by atoms with van der Waals surface area (Å²) in [6.07, 6.45) is 2.55. The minimum absolute atomic E-state index is 0.514. The highest BCUT2D eigenvalue weighted by atomic mass is 15.1. The molecule has 0 saturated carbocycles. The first-order chi connectivity index (χ1) is 5.83. The van der Waals surface area contributed by atoms with Crippen molar-refractivity contribution in [1.29, 1.82) is 0 Å². The van der Waals surface area contributed by atoms with E-state index in [1.807, 2.05) is 19.1 Å². The average Bonchev–Trinajstić information content (AvgIpc) is 2.05. The predicted octanol–water partition coefficient (Wildman–Crippen LogP) is 2.24. The molecule has 0 saturated heterocycles. The van der Waals surface area contributed by atoms with E-state index < -0.39 is 0 Å². The van der Waals surface area contributed by atoms with Gasteiger partial charge in [0.2, 0.25) is 0 Å². The second kappa shape index (κ2) is 4.36. The van der Waals surface area contributed by atoms with Crippen molar-refractivity contribution < 1.29 is 0 Å². The molecule has 0 radical (unpaired) electrons. The van der Waals surface area contributed by atoms with E-state index in [1.165, 1.54) is 0 Å². The molecule has 0 bridgehead atoms. The molecule has 4 nitrogen and oxygen atoms in total. The molecule has 0 aliphatic rings. The number of hydrogen-bond donors (Lipinski definition) is 0. The zero-order valence-electron chi connectivity index (χ0n) is 6.94. The summed E-state index contributed by atoms with van der Waals surface area (Å²) in [6.45, 7) is 2.46. The van der Waals surface area contributed by atoms with Crippen LogP contribution in [0.25, 0.3) is 10.4 Å². The van der Waals surface area contributed by atoms with Gasteiger partial charge in [0.1, 0.15) is 0 Å². The van der Waals surface area contributed by atoms with Gasteiger partial charge in [0.05, 0.1) is 0 Å². The first-order valence-electron chi connectivity index (χ1n) is 3.75. The van der Waals surface area contributed by atoms with Gasteiger partial charge in [0.15, 0.2) is 0 Å². The molecular formula is C8H10N4. The molecule has 0 aliphatic carbocycles. The third kappa shape index (κ3) is 2.60. The van der Waals surface area contributed by atoms with Gasteiger partial charge < -0.3 is 0 Å². The monoisotopic (exact) mass is 162 g/mol. The van der Waals surface area contributed by atoms with Crippen molar-refractivity contribution in [3.8, 4) is 0 Å². The molecule has 0 spiro atoms. The molecule has 0 unspecified atom stereocenters.